The summed E-state index contributed by atoms with van der Waals surface area (Å²) in [5, 5.41) is 4.99. The summed E-state index contributed by atoms with van der Waals surface area (Å²) >= 11 is 9.52. The van der Waals surface area contributed by atoms with E-state index in [2.05, 4.69) is 25.8 Å². The van der Waals surface area contributed by atoms with Gasteiger partial charge in [0, 0.05) is 23.8 Å². The summed E-state index contributed by atoms with van der Waals surface area (Å²) in [6, 6.07) is 3.29. The van der Waals surface area contributed by atoms with Gasteiger partial charge in [0.15, 0.2) is 0 Å². The lowest BCUT2D eigenvalue weighted by molar-refractivity contribution is 0.543. The van der Waals surface area contributed by atoms with Crippen molar-refractivity contribution in [2.45, 2.75) is 45.6 Å². The first-order valence-corrected chi connectivity index (χ1v) is 10.2. The van der Waals surface area contributed by atoms with Gasteiger partial charge in [0.05, 0.1) is 15.1 Å². The maximum Gasteiger partial charge on any atom is 0.240 e. The molecule has 0 radical (unpaired) electrons. The standard InChI is InChI=1S/C16H21BrClN3O2S/c1-10-9-15(11(2)8-14(10)18)24(22,23)19-6-5-7-21-13(4)16(17)12(3)20-21/h8-9,19H,5-7H2,1-4H3. The molecule has 132 valence electrons. The zero-order chi connectivity index (χ0) is 18.1. The minimum Gasteiger partial charge on any atom is -0.268 e. The van der Waals surface area contributed by atoms with Crippen LogP contribution in [0.2, 0.25) is 5.02 Å². The highest BCUT2D eigenvalue weighted by Crippen LogP contribution is 2.24. The molecule has 0 saturated heterocycles. The summed E-state index contributed by atoms with van der Waals surface area (Å²) in [4.78, 5) is 0.276. The smallest absolute Gasteiger partial charge is 0.240 e. The van der Waals surface area contributed by atoms with Crippen molar-refractivity contribution in [2.75, 3.05) is 6.54 Å². The molecule has 0 atom stereocenters. The highest BCUT2D eigenvalue weighted by Gasteiger charge is 2.17. The summed E-state index contributed by atoms with van der Waals surface area (Å²) in [5.74, 6) is 0. The first-order chi connectivity index (χ1) is 11.1. The van der Waals surface area contributed by atoms with Gasteiger partial charge in [-0.15, -0.1) is 0 Å². The normalized spacial score (nSPS) is 11.9. The minimum absolute atomic E-state index is 0.276. The van der Waals surface area contributed by atoms with Crippen LogP contribution in [-0.4, -0.2) is 24.7 Å². The molecule has 0 saturated carbocycles. The Hall–Kier alpha value is -0.890. The number of aromatic nitrogens is 2. The summed E-state index contributed by atoms with van der Waals surface area (Å²) in [6.45, 7) is 8.45. The van der Waals surface area contributed by atoms with Crippen molar-refractivity contribution in [1.82, 2.24) is 14.5 Å². The molecule has 0 aliphatic carbocycles. The Labute approximate surface area is 156 Å². The fraction of sp³-hybridized carbons (Fsp3) is 0.438. The number of nitrogens with zero attached hydrogens (tertiary/aromatic N) is 2. The number of benzene rings is 1. The van der Waals surface area contributed by atoms with Gasteiger partial charge in [0.25, 0.3) is 0 Å². The van der Waals surface area contributed by atoms with E-state index >= 15 is 0 Å². The van der Waals surface area contributed by atoms with Crippen LogP contribution in [0.5, 0.6) is 0 Å². The first kappa shape index (κ1) is 19.4. The van der Waals surface area contributed by atoms with Crippen LogP contribution in [-0.2, 0) is 16.6 Å². The van der Waals surface area contributed by atoms with Gasteiger partial charge >= 0.3 is 0 Å². The Balaban J connectivity index is 2.01. The summed E-state index contributed by atoms with van der Waals surface area (Å²) in [7, 11) is -3.55. The van der Waals surface area contributed by atoms with Gasteiger partial charge in [-0.2, -0.15) is 5.10 Å². The molecular formula is C16H21BrClN3O2S. The van der Waals surface area contributed by atoms with Crippen LogP contribution in [0.3, 0.4) is 0 Å². The number of nitrogens with one attached hydrogen (secondary N) is 1. The van der Waals surface area contributed by atoms with E-state index < -0.39 is 10.0 Å². The number of hydrogen-bond acceptors (Lipinski definition) is 3. The molecule has 1 aromatic heterocycles. The largest absolute Gasteiger partial charge is 0.268 e. The number of aryl methyl sites for hydroxylation is 4. The second-order valence-electron chi connectivity index (χ2n) is 5.83. The van der Waals surface area contributed by atoms with E-state index in [1.807, 2.05) is 18.5 Å². The average molecular weight is 435 g/mol. The third-order valence-electron chi connectivity index (χ3n) is 3.88. The summed E-state index contributed by atoms with van der Waals surface area (Å²) in [5.41, 5.74) is 3.36. The van der Waals surface area contributed by atoms with Gasteiger partial charge in [0.2, 0.25) is 10.0 Å². The van der Waals surface area contributed by atoms with Crippen LogP contribution >= 0.6 is 27.5 Å². The number of sulfonamides is 1. The fourth-order valence-electron chi connectivity index (χ4n) is 2.45. The van der Waals surface area contributed by atoms with E-state index in [0.717, 1.165) is 21.4 Å². The lowest BCUT2D eigenvalue weighted by Crippen LogP contribution is -2.26. The third kappa shape index (κ3) is 4.20. The molecule has 1 N–H and O–H groups in total. The van der Waals surface area contributed by atoms with Gasteiger partial charge in [-0.25, -0.2) is 13.1 Å². The number of rotatable bonds is 6. The van der Waals surface area contributed by atoms with Gasteiger partial charge in [-0.3, -0.25) is 4.68 Å². The average Bonchev–Trinajstić information content (AvgIpc) is 2.74. The highest BCUT2D eigenvalue weighted by molar-refractivity contribution is 9.10. The summed E-state index contributed by atoms with van der Waals surface area (Å²) in [6.07, 6.45) is 0.652. The van der Waals surface area contributed by atoms with E-state index in [4.69, 9.17) is 11.6 Å². The van der Waals surface area contributed by atoms with Gasteiger partial charge in [-0.1, -0.05) is 11.6 Å². The van der Waals surface area contributed by atoms with Crippen molar-refractivity contribution in [3.05, 3.63) is 44.1 Å². The molecule has 0 unspecified atom stereocenters. The zero-order valence-electron chi connectivity index (χ0n) is 14.2. The molecule has 0 fully saturated rings. The Morgan fingerprint density at radius 3 is 2.46 bits per heavy atom. The molecule has 0 spiro atoms. The molecule has 5 nitrogen and oxygen atoms in total. The van der Waals surface area contributed by atoms with Gasteiger partial charge in [-0.05, 0) is 73.3 Å². The number of hydrogen-bond donors (Lipinski definition) is 1. The van der Waals surface area contributed by atoms with Crippen molar-refractivity contribution >= 4 is 37.6 Å². The molecule has 0 amide bonds. The van der Waals surface area contributed by atoms with E-state index in [1.165, 1.54) is 0 Å². The quantitative estimate of drug-likeness (QED) is 0.701. The Bertz CT molecular complexity index is 863. The molecule has 1 heterocycles. The van der Waals surface area contributed by atoms with Crippen LogP contribution in [0.15, 0.2) is 21.5 Å². The van der Waals surface area contributed by atoms with Crippen molar-refractivity contribution in [3.63, 3.8) is 0 Å². The predicted molar refractivity (Wildman–Crippen MR) is 100 cm³/mol. The molecule has 0 aliphatic rings. The van der Waals surface area contributed by atoms with Crippen LogP contribution in [0.4, 0.5) is 0 Å². The van der Waals surface area contributed by atoms with Crippen molar-refractivity contribution < 1.29 is 8.42 Å². The van der Waals surface area contributed by atoms with Crippen LogP contribution in [0.1, 0.15) is 28.9 Å². The second kappa shape index (κ2) is 7.56. The topological polar surface area (TPSA) is 64.0 Å². The van der Waals surface area contributed by atoms with Crippen molar-refractivity contribution in [1.29, 1.82) is 0 Å². The van der Waals surface area contributed by atoms with Crippen molar-refractivity contribution in [3.8, 4) is 0 Å². The molecule has 0 bridgehead atoms. The summed E-state index contributed by atoms with van der Waals surface area (Å²) < 4.78 is 30.5. The van der Waals surface area contributed by atoms with Gasteiger partial charge < -0.3 is 0 Å². The molecule has 8 heteroatoms. The first-order valence-electron chi connectivity index (χ1n) is 7.59. The monoisotopic (exact) mass is 433 g/mol. The van der Waals surface area contributed by atoms with Gasteiger partial charge in [0.1, 0.15) is 0 Å². The lowest BCUT2D eigenvalue weighted by Gasteiger charge is -2.11. The van der Waals surface area contributed by atoms with E-state index in [-0.39, 0.29) is 4.90 Å². The molecule has 1 aromatic carbocycles. The number of halogens is 2. The molecule has 2 aromatic rings. The maximum atomic E-state index is 12.5. The van der Waals surface area contributed by atoms with E-state index in [9.17, 15) is 8.42 Å². The molecule has 24 heavy (non-hydrogen) atoms. The van der Waals surface area contributed by atoms with Crippen LogP contribution in [0.25, 0.3) is 0 Å². The van der Waals surface area contributed by atoms with Crippen LogP contribution < -0.4 is 4.72 Å². The predicted octanol–water partition coefficient (Wildman–Crippen LogP) is 3.90. The Morgan fingerprint density at radius 1 is 1.21 bits per heavy atom. The molecule has 0 aliphatic heterocycles. The van der Waals surface area contributed by atoms with E-state index in [1.54, 1.807) is 26.0 Å². The SMILES string of the molecule is Cc1cc(S(=O)(=O)NCCCn2nc(C)c(Br)c2C)c(C)cc1Cl. The second-order valence-corrected chi connectivity index (χ2v) is 8.76. The van der Waals surface area contributed by atoms with Crippen LogP contribution in [0, 0.1) is 27.7 Å². The zero-order valence-corrected chi connectivity index (χ0v) is 17.3. The lowest BCUT2D eigenvalue weighted by atomic mass is 10.2. The van der Waals surface area contributed by atoms with Crippen molar-refractivity contribution in [2.24, 2.45) is 0 Å². The third-order valence-corrected chi connectivity index (χ3v) is 7.04. The molecular weight excluding hydrogens is 414 g/mol. The molecule has 2 rings (SSSR count). The Morgan fingerprint density at radius 2 is 1.88 bits per heavy atom. The fourth-order valence-corrected chi connectivity index (χ4v) is 4.34. The highest BCUT2D eigenvalue weighted by atomic mass is 79.9. The van der Waals surface area contributed by atoms with E-state index in [0.29, 0.717) is 30.1 Å². The minimum atomic E-state index is -3.55. The maximum absolute atomic E-state index is 12.5. The Kier molecular flexibility index (Phi) is 6.12.